The van der Waals surface area contributed by atoms with Crippen LogP contribution in [-0.4, -0.2) is 32.7 Å². The Balaban J connectivity index is 1.81. The lowest BCUT2D eigenvalue weighted by molar-refractivity contribution is -0.119. The number of anilines is 1. The number of nitrogens with zero attached hydrogens (tertiary/aromatic N) is 1. The first kappa shape index (κ1) is 19.7. The van der Waals surface area contributed by atoms with E-state index in [9.17, 15) is 4.79 Å². The van der Waals surface area contributed by atoms with Crippen LogP contribution < -0.4 is 20.1 Å². The molecule has 2 N–H and O–H groups in total. The van der Waals surface area contributed by atoms with Crippen LogP contribution in [-0.2, 0) is 17.6 Å². The summed E-state index contributed by atoms with van der Waals surface area (Å²) in [6, 6.07) is 9.10. The predicted molar refractivity (Wildman–Crippen MR) is 111 cm³/mol. The molecule has 0 spiro atoms. The van der Waals surface area contributed by atoms with Gasteiger partial charge in [-0.2, -0.15) is 0 Å². The number of methoxy groups -OCH3 is 2. The zero-order valence-corrected chi connectivity index (χ0v) is 17.5. The van der Waals surface area contributed by atoms with Crippen LogP contribution in [0.4, 0.5) is 5.69 Å². The molecule has 1 amide bonds. The molecule has 1 heterocycles. The van der Waals surface area contributed by atoms with Crippen molar-refractivity contribution < 1.29 is 14.3 Å². The van der Waals surface area contributed by atoms with Gasteiger partial charge in [0.2, 0.25) is 5.91 Å². The molecule has 0 saturated heterocycles. The smallest absolute Gasteiger partial charge is 0.244 e. The Morgan fingerprint density at radius 3 is 2.63 bits per heavy atom. The van der Waals surface area contributed by atoms with E-state index in [-0.39, 0.29) is 5.91 Å². The van der Waals surface area contributed by atoms with E-state index >= 15 is 0 Å². The number of nitrogens with two attached hydrogens (primary N) is 1. The van der Waals surface area contributed by atoms with Crippen LogP contribution in [0.5, 0.6) is 11.5 Å². The molecule has 0 aromatic heterocycles. The van der Waals surface area contributed by atoms with Crippen molar-refractivity contribution in [1.29, 1.82) is 0 Å². The second-order valence-electron chi connectivity index (χ2n) is 6.80. The zero-order valence-electron chi connectivity index (χ0n) is 15.9. The van der Waals surface area contributed by atoms with Gasteiger partial charge in [-0.05, 0) is 73.2 Å². The maximum absolute atomic E-state index is 13.1. The highest BCUT2D eigenvalue weighted by atomic mass is 79.9. The van der Waals surface area contributed by atoms with Crippen LogP contribution in [0.2, 0.25) is 0 Å². The Bertz CT molecular complexity index is 830. The molecule has 144 valence electrons. The van der Waals surface area contributed by atoms with Gasteiger partial charge < -0.3 is 20.1 Å². The third kappa shape index (κ3) is 4.12. The van der Waals surface area contributed by atoms with Crippen molar-refractivity contribution in [2.24, 2.45) is 5.73 Å². The molecule has 6 heteroatoms. The number of hydrogen-bond donors (Lipinski definition) is 1. The molecule has 0 aliphatic carbocycles. The fourth-order valence-electron chi connectivity index (χ4n) is 3.56. The van der Waals surface area contributed by atoms with E-state index < -0.39 is 6.04 Å². The minimum Gasteiger partial charge on any atom is -0.497 e. The van der Waals surface area contributed by atoms with Gasteiger partial charge in [0, 0.05) is 16.7 Å². The Morgan fingerprint density at radius 1 is 1.22 bits per heavy atom. The minimum absolute atomic E-state index is 0.0526. The fourth-order valence-corrected chi connectivity index (χ4v) is 4.26. The summed E-state index contributed by atoms with van der Waals surface area (Å²) < 4.78 is 11.5. The van der Waals surface area contributed by atoms with Gasteiger partial charge >= 0.3 is 0 Å². The number of fused-ring (bicyclic) bond motifs is 1. The summed E-state index contributed by atoms with van der Waals surface area (Å²) in [7, 11) is 3.29. The normalized spacial score (nSPS) is 14.5. The molecule has 27 heavy (non-hydrogen) atoms. The summed E-state index contributed by atoms with van der Waals surface area (Å²) in [5.74, 6) is 1.54. The van der Waals surface area contributed by atoms with Crippen LogP contribution in [0.1, 0.15) is 23.1 Å². The highest BCUT2D eigenvalue weighted by molar-refractivity contribution is 9.10. The molecule has 0 fully saturated rings. The SMILES string of the molecule is COc1cc(C)c(C[C@@H](N)C(=O)N2CCCc3cc(OC)ccc32)c(Br)c1. The van der Waals surface area contributed by atoms with Gasteiger partial charge in [-0.25, -0.2) is 0 Å². The first-order valence-electron chi connectivity index (χ1n) is 9.01. The van der Waals surface area contributed by atoms with E-state index in [0.717, 1.165) is 51.2 Å². The van der Waals surface area contributed by atoms with E-state index in [0.29, 0.717) is 13.0 Å². The number of rotatable bonds is 5. The molecule has 1 atom stereocenters. The van der Waals surface area contributed by atoms with Gasteiger partial charge in [-0.15, -0.1) is 0 Å². The first-order chi connectivity index (χ1) is 12.9. The second kappa shape index (κ2) is 8.31. The number of amides is 1. The van der Waals surface area contributed by atoms with Crippen molar-refractivity contribution in [3.63, 3.8) is 0 Å². The van der Waals surface area contributed by atoms with Crippen LogP contribution in [0.3, 0.4) is 0 Å². The number of halogens is 1. The van der Waals surface area contributed by atoms with Crippen LogP contribution >= 0.6 is 15.9 Å². The summed E-state index contributed by atoms with van der Waals surface area (Å²) in [4.78, 5) is 14.9. The van der Waals surface area contributed by atoms with Crippen molar-refractivity contribution in [3.8, 4) is 11.5 Å². The molecule has 0 unspecified atom stereocenters. The highest BCUT2D eigenvalue weighted by Gasteiger charge is 2.28. The average molecular weight is 433 g/mol. The lowest BCUT2D eigenvalue weighted by Gasteiger charge is -2.32. The third-order valence-electron chi connectivity index (χ3n) is 5.04. The second-order valence-corrected chi connectivity index (χ2v) is 7.66. The summed E-state index contributed by atoms with van der Waals surface area (Å²) in [6.45, 7) is 2.69. The van der Waals surface area contributed by atoms with Crippen molar-refractivity contribution in [3.05, 3.63) is 51.5 Å². The number of benzene rings is 2. The lowest BCUT2D eigenvalue weighted by Crippen LogP contribution is -2.47. The molecule has 0 bridgehead atoms. The van der Waals surface area contributed by atoms with E-state index in [1.165, 1.54) is 0 Å². The van der Waals surface area contributed by atoms with Gasteiger partial charge in [-0.3, -0.25) is 4.79 Å². The first-order valence-corrected chi connectivity index (χ1v) is 9.80. The van der Waals surface area contributed by atoms with Crippen LogP contribution in [0, 0.1) is 6.92 Å². The zero-order chi connectivity index (χ0) is 19.6. The van der Waals surface area contributed by atoms with Gasteiger partial charge in [-0.1, -0.05) is 15.9 Å². The molecule has 0 saturated carbocycles. The van der Waals surface area contributed by atoms with E-state index in [4.69, 9.17) is 15.2 Å². The molecular formula is C21H25BrN2O3. The minimum atomic E-state index is -0.610. The largest absolute Gasteiger partial charge is 0.497 e. The van der Waals surface area contributed by atoms with Gasteiger partial charge in [0.25, 0.3) is 0 Å². The summed E-state index contributed by atoms with van der Waals surface area (Å²) >= 11 is 3.58. The monoisotopic (exact) mass is 432 g/mol. The average Bonchev–Trinajstić information content (AvgIpc) is 2.68. The number of aryl methyl sites for hydroxylation is 2. The molecule has 5 nitrogen and oxygen atoms in total. The molecule has 2 aromatic carbocycles. The summed E-state index contributed by atoms with van der Waals surface area (Å²) in [5.41, 5.74) is 10.5. The Morgan fingerprint density at radius 2 is 1.96 bits per heavy atom. The van der Waals surface area contributed by atoms with Crippen molar-refractivity contribution >= 4 is 27.5 Å². The molecule has 1 aliphatic rings. The van der Waals surface area contributed by atoms with Crippen LogP contribution in [0.25, 0.3) is 0 Å². The van der Waals surface area contributed by atoms with Gasteiger partial charge in [0.1, 0.15) is 11.5 Å². The Hall–Kier alpha value is -2.05. The summed E-state index contributed by atoms with van der Waals surface area (Å²) in [5, 5.41) is 0. The number of ether oxygens (including phenoxy) is 2. The maximum Gasteiger partial charge on any atom is 0.244 e. The fraction of sp³-hybridized carbons (Fsp3) is 0.381. The van der Waals surface area contributed by atoms with Gasteiger partial charge in [0.05, 0.1) is 20.3 Å². The van der Waals surface area contributed by atoms with Crippen LogP contribution in [0.15, 0.2) is 34.8 Å². The standard InChI is InChI=1S/C21H25BrN2O3/c1-13-9-16(27-3)11-18(22)17(13)12-19(23)21(25)24-8-4-5-14-10-15(26-2)6-7-20(14)24/h6-7,9-11,19H,4-5,8,12,23H2,1-3H3/t19-/m1/s1. The Labute approximate surface area is 168 Å². The quantitative estimate of drug-likeness (QED) is 0.783. The van der Waals surface area contributed by atoms with Gasteiger partial charge in [0.15, 0.2) is 0 Å². The lowest BCUT2D eigenvalue weighted by atomic mass is 9.97. The number of hydrogen-bond acceptors (Lipinski definition) is 4. The van der Waals surface area contributed by atoms with Crippen molar-refractivity contribution in [1.82, 2.24) is 0 Å². The number of carbonyl (C=O) groups is 1. The molecule has 3 rings (SSSR count). The molecule has 0 radical (unpaired) electrons. The van der Waals surface area contributed by atoms with Crippen molar-refractivity contribution in [2.45, 2.75) is 32.2 Å². The molecular weight excluding hydrogens is 408 g/mol. The highest BCUT2D eigenvalue weighted by Crippen LogP contribution is 2.32. The van der Waals surface area contributed by atoms with E-state index in [2.05, 4.69) is 15.9 Å². The molecule has 2 aromatic rings. The molecule has 1 aliphatic heterocycles. The van der Waals surface area contributed by atoms with E-state index in [1.807, 2.05) is 42.2 Å². The predicted octanol–water partition coefficient (Wildman–Crippen LogP) is 3.62. The topological polar surface area (TPSA) is 64.8 Å². The third-order valence-corrected chi connectivity index (χ3v) is 5.75. The Kier molecular flexibility index (Phi) is 6.07. The van der Waals surface area contributed by atoms with E-state index in [1.54, 1.807) is 14.2 Å². The maximum atomic E-state index is 13.1. The van der Waals surface area contributed by atoms with Crippen molar-refractivity contribution in [2.75, 3.05) is 25.7 Å². The summed E-state index contributed by atoms with van der Waals surface area (Å²) in [6.07, 6.45) is 2.33. The number of carbonyl (C=O) groups excluding carboxylic acids is 1.